The molecular formula is C31H39N3O7. The highest BCUT2D eigenvalue weighted by molar-refractivity contribution is 5.99. The van der Waals surface area contributed by atoms with Gasteiger partial charge in [0.25, 0.3) is 0 Å². The highest BCUT2D eigenvalue weighted by atomic mass is 16.6. The maximum absolute atomic E-state index is 14.5. The lowest BCUT2D eigenvalue weighted by Crippen LogP contribution is -2.59. The van der Waals surface area contributed by atoms with Gasteiger partial charge >= 0.3 is 5.97 Å². The van der Waals surface area contributed by atoms with Crippen molar-refractivity contribution in [1.29, 1.82) is 0 Å². The first-order valence-electron chi connectivity index (χ1n) is 14.4. The lowest BCUT2D eigenvalue weighted by atomic mass is 9.78. The molecule has 3 amide bonds. The molecule has 220 valence electrons. The van der Waals surface area contributed by atoms with Crippen LogP contribution in [0.5, 0.6) is 0 Å². The van der Waals surface area contributed by atoms with Crippen LogP contribution < -0.4 is 5.32 Å². The molecule has 0 unspecified atom stereocenters. The van der Waals surface area contributed by atoms with Crippen LogP contribution in [0.15, 0.2) is 54.6 Å². The van der Waals surface area contributed by atoms with Gasteiger partial charge in [-0.2, -0.15) is 0 Å². The first-order valence-corrected chi connectivity index (χ1v) is 14.4. The summed E-state index contributed by atoms with van der Waals surface area (Å²) in [6, 6.07) is 7.55. The molecule has 4 aliphatic heterocycles. The summed E-state index contributed by atoms with van der Waals surface area (Å²) in [4.78, 5) is 57.8. The first kappa shape index (κ1) is 29.0. The van der Waals surface area contributed by atoms with Crippen LogP contribution in [-0.2, 0) is 35.1 Å². The number of carbonyl (C=O) groups excluding carboxylic acids is 4. The molecule has 0 radical (unpaired) electrons. The van der Waals surface area contributed by atoms with Crippen molar-refractivity contribution in [2.24, 2.45) is 11.8 Å². The van der Waals surface area contributed by atoms with Crippen molar-refractivity contribution in [3.8, 4) is 0 Å². The Bertz CT molecular complexity index is 1230. The van der Waals surface area contributed by atoms with Crippen LogP contribution in [0.3, 0.4) is 0 Å². The topological polar surface area (TPSA) is 125 Å². The highest BCUT2D eigenvalue weighted by Gasteiger charge is 2.72. The molecule has 1 spiro atoms. The fraction of sp³-hybridized carbons (Fsp3) is 0.548. The molecule has 0 aromatic heterocycles. The van der Waals surface area contributed by atoms with Gasteiger partial charge in [-0.25, -0.2) is 0 Å². The monoisotopic (exact) mass is 565 g/mol. The molecule has 1 aromatic rings. The van der Waals surface area contributed by atoms with Crippen molar-refractivity contribution in [2.75, 3.05) is 19.7 Å². The van der Waals surface area contributed by atoms with Crippen LogP contribution in [-0.4, -0.2) is 94.2 Å². The number of cyclic esters (lactones) is 1. The number of ether oxygens (including phenoxy) is 2. The number of fused-ring (bicyclic) bond motifs is 2. The molecular weight excluding hydrogens is 526 g/mol. The third-order valence-electron chi connectivity index (χ3n) is 8.54. The smallest absolute Gasteiger partial charge is 0.313 e. The number of nitrogens with zero attached hydrogens (tertiary/aromatic N) is 2. The van der Waals surface area contributed by atoms with E-state index in [1.54, 1.807) is 30.1 Å². The van der Waals surface area contributed by atoms with E-state index in [4.69, 9.17) is 9.47 Å². The number of aliphatic hydroxyl groups is 1. The Kier molecular flexibility index (Phi) is 8.33. The van der Waals surface area contributed by atoms with Crippen molar-refractivity contribution in [1.82, 2.24) is 15.1 Å². The number of allylic oxidation sites excluding steroid dienone is 1. The highest BCUT2D eigenvalue weighted by Crippen LogP contribution is 2.53. The fourth-order valence-electron chi connectivity index (χ4n) is 6.61. The summed E-state index contributed by atoms with van der Waals surface area (Å²) in [6.45, 7) is 5.62. The predicted molar refractivity (Wildman–Crippen MR) is 149 cm³/mol. The Hall–Kier alpha value is -3.50. The Morgan fingerprint density at radius 3 is 2.56 bits per heavy atom. The number of aliphatic hydroxyl groups excluding tert-OH is 1. The quantitative estimate of drug-likeness (QED) is 0.408. The maximum Gasteiger partial charge on any atom is 0.313 e. The number of hydrogen-bond donors (Lipinski definition) is 2. The van der Waals surface area contributed by atoms with E-state index in [-0.39, 0.29) is 37.4 Å². The summed E-state index contributed by atoms with van der Waals surface area (Å²) < 4.78 is 12.4. The number of esters is 1. The second kappa shape index (κ2) is 11.8. The number of amides is 3. The Morgan fingerprint density at radius 1 is 1.10 bits per heavy atom. The van der Waals surface area contributed by atoms with E-state index in [1.165, 1.54) is 4.90 Å². The van der Waals surface area contributed by atoms with Gasteiger partial charge in [-0.3, -0.25) is 19.2 Å². The Balaban J connectivity index is 1.60. The molecule has 2 saturated heterocycles. The molecule has 7 atom stereocenters. The molecule has 2 N–H and O–H groups in total. The van der Waals surface area contributed by atoms with Gasteiger partial charge in [-0.1, -0.05) is 54.6 Å². The van der Waals surface area contributed by atoms with Crippen molar-refractivity contribution >= 4 is 23.7 Å². The SMILES string of the molecule is CC(C)N1CC=C[C@]23O[C@@H]4/C=C\CCC(=O)NC[C@@H](C)OC(=O)[C@@H]4[C@H]2C(=O)N([C@@H](CO)Cc2ccccc2)[C@@H]3C1=O. The zero-order valence-corrected chi connectivity index (χ0v) is 23.8. The van der Waals surface area contributed by atoms with E-state index in [1.807, 2.05) is 50.3 Å². The van der Waals surface area contributed by atoms with Crippen LogP contribution in [0.2, 0.25) is 0 Å². The van der Waals surface area contributed by atoms with Crippen molar-refractivity contribution in [2.45, 2.75) is 76.0 Å². The van der Waals surface area contributed by atoms with Gasteiger partial charge in [0.15, 0.2) is 0 Å². The lowest BCUT2D eigenvalue weighted by molar-refractivity contribution is -0.159. The summed E-state index contributed by atoms with van der Waals surface area (Å²) in [7, 11) is 0. The largest absolute Gasteiger partial charge is 0.460 e. The fourth-order valence-corrected chi connectivity index (χ4v) is 6.61. The average Bonchev–Trinajstić information content (AvgIpc) is 3.33. The molecule has 0 bridgehead atoms. The Labute approximate surface area is 240 Å². The van der Waals surface area contributed by atoms with E-state index in [0.717, 1.165) is 5.56 Å². The minimum absolute atomic E-state index is 0.148. The summed E-state index contributed by atoms with van der Waals surface area (Å²) in [5.41, 5.74) is -0.524. The molecule has 4 aliphatic rings. The van der Waals surface area contributed by atoms with Crippen LogP contribution in [0, 0.1) is 11.8 Å². The van der Waals surface area contributed by atoms with Gasteiger partial charge in [0.2, 0.25) is 17.7 Å². The number of benzene rings is 1. The normalized spacial score (nSPS) is 33.6. The minimum Gasteiger partial charge on any atom is -0.460 e. The van der Waals surface area contributed by atoms with Crippen molar-refractivity contribution in [3.63, 3.8) is 0 Å². The van der Waals surface area contributed by atoms with Gasteiger partial charge < -0.3 is 29.7 Å². The molecule has 4 heterocycles. The van der Waals surface area contributed by atoms with Crippen LogP contribution in [0.25, 0.3) is 0 Å². The average molecular weight is 566 g/mol. The third kappa shape index (κ3) is 5.30. The number of hydrogen-bond acceptors (Lipinski definition) is 7. The van der Waals surface area contributed by atoms with E-state index in [0.29, 0.717) is 19.4 Å². The number of nitrogens with one attached hydrogen (secondary N) is 1. The third-order valence-corrected chi connectivity index (χ3v) is 8.54. The van der Waals surface area contributed by atoms with Crippen molar-refractivity contribution < 1.29 is 33.8 Å². The van der Waals surface area contributed by atoms with Crippen LogP contribution in [0.4, 0.5) is 0 Å². The van der Waals surface area contributed by atoms with Crippen LogP contribution in [0.1, 0.15) is 39.2 Å². The van der Waals surface area contributed by atoms with E-state index in [9.17, 15) is 24.3 Å². The number of likely N-dealkylation sites (tertiary alicyclic amines) is 1. The van der Waals surface area contributed by atoms with Gasteiger partial charge in [0.05, 0.1) is 31.2 Å². The summed E-state index contributed by atoms with van der Waals surface area (Å²) in [6.07, 6.45) is 6.67. The predicted octanol–water partition coefficient (Wildman–Crippen LogP) is 1.38. The molecule has 0 saturated carbocycles. The molecule has 10 nitrogen and oxygen atoms in total. The summed E-state index contributed by atoms with van der Waals surface area (Å²) in [5.74, 6) is -3.51. The van der Waals surface area contributed by atoms with Gasteiger partial charge in [-0.05, 0) is 39.2 Å². The van der Waals surface area contributed by atoms with Crippen molar-refractivity contribution in [3.05, 3.63) is 60.2 Å². The zero-order chi connectivity index (χ0) is 29.3. The van der Waals surface area contributed by atoms with E-state index < -0.39 is 53.6 Å². The number of carbonyl (C=O) groups is 4. The first-order chi connectivity index (χ1) is 19.7. The number of rotatable bonds is 5. The molecule has 0 aliphatic carbocycles. The van der Waals surface area contributed by atoms with Crippen LogP contribution >= 0.6 is 0 Å². The molecule has 41 heavy (non-hydrogen) atoms. The van der Waals surface area contributed by atoms with Gasteiger partial charge in [0.1, 0.15) is 23.7 Å². The second-order valence-electron chi connectivity index (χ2n) is 11.6. The Morgan fingerprint density at radius 2 is 1.85 bits per heavy atom. The van der Waals surface area contributed by atoms with E-state index >= 15 is 0 Å². The van der Waals surface area contributed by atoms with Gasteiger partial charge in [0, 0.05) is 19.0 Å². The minimum atomic E-state index is -1.43. The zero-order valence-electron chi connectivity index (χ0n) is 23.8. The standard InChI is InChI=1S/C31H39N3O7/c1-19(2)33-15-9-14-31-26(25-23(41-31)12-7-8-13-24(36)32-17-20(3)40-30(25)39)28(37)34(27(31)29(33)38)22(18-35)16-21-10-5-4-6-11-21/h4-7,9-12,14,19-20,22-23,25-27,35H,8,13,15-18H2,1-3H3,(H,32,36)/b12-7-/t20-,22-,23-,25+,26+,27-,31+/m1/s1. The second-order valence-corrected chi connectivity index (χ2v) is 11.6. The molecule has 5 rings (SSSR count). The molecule has 10 heteroatoms. The summed E-state index contributed by atoms with van der Waals surface area (Å²) >= 11 is 0. The lowest BCUT2D eigenvalue weighted by Gasteiger charge is -2.39. The molecule has 1 aromatic carbocycles. The maximum atomic E-state index is 14.5. The van der Waals surface area contributed by atoms with E-state index in [2.05, 4.69) is 5.32 Å². The summed E-state index contributed by atoms with van der Waals surface area (Å²) in [5, 5.41) is 13.3. The molecule has 2 fully saturated rings. The van der Waals surface area contributed by atoms with Gasteiger partial charge in [-0.15, -0.1) is 0 Å².